The Labute approximate surface area is 111 Å². The van der Waals surface area contributed by atoms with E-state index in [4.69, 9.17) is 10.8 Å². The monoisotopic (exact) mass is 262 g/mol. The number of hydrogen-bond acceptors (Lipinski definition) is 3. The van der Waals surface area contributed by atoms with Crippen molar-refractivity contribution in [2.45, 2.75) is 25.7 Å². The van der Waals surface area contributed by atoms with E-state index in [1.54, 1.807) is 18.2 Å². The Hall–Kier alpha value is -2.04. The summed E-state index contributed by atoms with van der Waals surface area (Å²) in [6.45, 7) is 0.212. The number of amides is 1. The summed E-state index contributed by atoms with van der Waals surface area (Å²) in [6, 6.07) is 7.12. The summed E-state index contributed by atoms with van der Waals surface area (Å²) in [5.74, 6) is -0.985. The molecule has 1 amide bonds. The van der Waals surface area contributed by atoms with Gasteiger partial charge in [-0.25, -0.2) is 0 Å². The number of hydrogen-bond donors (Lipinski definition) is 3. The molecule has 0 heterocycles. The molecule has 0 atom stereocenters. The van der Waals surface area contributed by atoms with Crippen LogP contribution in [0.2, 0.25) is 0 Å². The summed E-state index contributed by atoms with van der Waals surface area (Å²) in [5.41, 5.74) is 6.34. The largest absolute Gasteiger partial charge is 0.481 e. The van der Waals surface area contributed by atoms with Gasteiger partial charge in [0, 0.05) is 12.2 Å². The highest BCUT2D eigenvalue weighted by atomic mass is 16.4. The second kappa shape index (κ2) is 5.30. The van der Waals surface area contributed by atoms with E-state index < -0.39 is 11.4 Å². The van der Waals surface area contributed by atoms with Gasteiger partial charge in [0.05, 0.1) is 11.8 Å². The van der Waals surface area contributed by atoms with Crippen LogP contribution in [0.4, 0.5) is 5.69 Å². The maximum atomic E-state index is 11.8. The third-order valence-corrected chi connectivity index (χ3v) is 3.70. The van der Waals surface area contributed by atoms with Crippen LogP contribution in [0.5, 0.6) is 0 Å². The highest BCUT2D eigenvalue weighted by Crippen LogP contribution is 2.40. The van der Waals surface area contributed by atoms with Crippen LogP contribution < -0.4 is 11.1 Å². The Morgan fingerprint density at radius 1 is 1.37 bits per heavy atom. The molecule has 0 aliphatic heterocycles. The minimum atomic E-state index is -0.817. The molecular formula is C14H18N2O3. The van der Waals surface area contributed by atoms with E-state index in [1.165, 1.54) is 0 Å². The van der Waals surface area contributed by atoms with Gasteiger partial charge >= 0.3 is 5.97 Å². The fraction of sp³-hybridized carbons (Fsp3) is 0.429. The molecule has 1 fully saturated rings. The van der Waals surface area contributed by atoms with Crippen molar-refractivity contribution in [3.8, 4) is 0 Å². The van der Waals surface area contributed by atoms with E-state index in [0.717, 1.165) is 12.0 Å². The zero-order chi connectivity index (χ0) is 13.9. The topological polar surface area (TPSA) is 92.4 Å². The zero-order valence-corrected chi connectivity index (χ0v) is 10.7. The molecule has 1 aliphatic rings. The lowest BCUT2D eigenvalue weighted by molar-refractivity contribution is -0.154. The molecule has 0 aromatic heterocycles. The van der Waals surface area contributed by atoms with E-state index in [1.807, 2.05) is 6.07 Å². The summed E-state index contributed by atoms with van der Waals surface area (Å²) in [7, 11) is 0. The molecule has 1 aromatic rings. The first-order valence-electron chi connectivity index (χ1n) is 6.36. The Kier molecular flexibility index (Phi) is 3.74. The highest BCUT2D eigenvalue weighted by Gasteiger charge is 2.44. The van der Waals surface area contributed by atoms with Crippen LogP contribution in [-0.2, 0) is 16.0 Å². The number of benzene rings is 1. The van der Waals surface area contributed by atoms with Crippen molar-refractivity contribution in [3.05, 3.63) is 29.8 Å². The quantitative estimate of drug-likeness (QED) is 0.695. The number of nitrogens with one attached hydrogen (secondary N) is 1. The Morgan fingerprint density at radius 2 is 2.11 bits per heavy atom. The maximum absolute atomic E-state index is 11.8. The van der Waals surface area contributed by atoms with E-state index in [9.17, 15) is 9.59 Å². The van der Waals surface area contributed by atoms with Crippen LogP contribution in [0.1, 0.15) is 24.8 Å². The van der Waals surface area contributed by atoms with Crippen molar-refractivity contribution in [1.29, 1.82) is 0 Å². The van der Waals surface area contributed by atoms with Crippen LogP contribution in [0.3, 0.4) is 0 Å². The number of carboxylic acid groups (broad SMARTS) is 1. The number of nitrogen functional groups attached to an aromatic ring is 1. The van der Waals surface area contributed by atoms with Gasteiger partial charge in [0.2, 0.25) is 5.91 Å². The molecule has 5 nitrogen and oxygen atoms in total. The summed E-state index contributed by atoms with van der Waals surface area (Å²) in [5, 5.41) is 11.9. The van der Waals surface area contributed by atoms with Crippen LogP contribution in [0, 0.1) is 5.41 Å². The first-order valence-corrected chi connectivity index (χ1v) is 6.36. The molecule has 102 valence electrons. The molecule has 1 saturated carbocycles. The lowest BCUT2D eigenvalue weighted by atomic mass is 9.69. The number of rotatable bonds is 5. The molecule has 0 radical (unpaired) electrons. The number of carboxylic acids is 1. The average molecular weight is 262 g/mol. The summed E-state index contributed by atoms with van der Waals surface area (Å²) in [6.07, 6.45) is 2.42. The molecule has 0 saturated heterocycles. The number of carbonyl (C=O) groups is 2. The maximum Gasteiger partial charge on any atom is 0.311 e. The van der Waals surface area contributed by atoms with Crippen molar-refractivity contribution >= 4 is 17.6 Å². The Balaban J connectivity index is 1.87. The third-order valence-electron chi connectivity index (χ3n) is 3.70. The third kappa shape index (κ3) is 3.05. The predicted molar refractivity (Wildman–Crippen MR) is 71.5 cm³/mol. The van der Waals surface area contributed by atoms with Crippen molar-refractivity contribution in [3.63, 3.8) is 0 Å². The molecule has 0 unspecified atom stereocenters. The first kappa shape index (κ1) is 13.4. The minimum Gasteiger partial charge on any atom is -0.481 e. The van der Waals surface area contributed by atoms with E-state index in [-0.39, 0.29) is 18.9 Å². The standard InChI is InChI=1S/C14H18N2O3/c15-11-4-1-3-10(7-11)8-12(17)16-9-14(13(18)19)5-2-6-14/h1,3-4,7H,2,5-6,8-9,15H2,(H,16,17)(H,18,19). The summed E-state index contributed by atoms with van der Waals surface area (Å²) >= 11 is 0. The molecule has 5 heteroatoms. The minimum absolute atomic E-state index is 0.168. The van der Waals surface area contributed by atoms with Crippen molar-refractivity contribution in [2.75, 3.05) is 12.3 Å². The average Bonchev–Trinajstić information content (AvgIpc) is 2.26. The van der Waals surface area contributed by atoms with Crippen molar-refractivity contribution in [2.24, 2.45) is 5.41 Å². The second-order valence-electron chi connectivity index (χ2n) is 5.14. The molecule has 1 aliphatic carbocycles. The lowest BCUT2D eigenvalue weighted by Crippen LogP contribution is -2.47. The van der Waals surface area contributed by atoms with Gasteiger partial charge in [-0.3, -0.25) is 9.59 Å². The van der Waals surface area contributed by atoms with Crippen LogP contribution in [-0.4, -0.2) is 23.5 Å². The summed E-state index contributed by atoms with van der Waals surface area (Å²) < 4.78 is 0. The molecule has 0 bridgehead atoms. The van der Waals surface area contributed by atoms with Gasteiger partial charge in [0.15, 0.2) is 0 Å². The van der Waals surface area contributed by atoms with E-state index >= 15 is 0 Å². The number of nitrogens with two attached hydrogens (primary N) is 1. The molecule has 1 aromatic carbocycles. The highest BCUT2D eigenvalue weighted by molar-refractivity contribution is 5.81. The summed E-state index contributed by atoms with van der Waals surface area (Å²) in [4.78, 5) is 22.9. The van der Waals surface area contributed by atoms with Gasteiger partial charge in [-0.1, -0.05) is 18.6 Å². The van der Waals surface area contributed by atoms with Crippen LogP contribution in [0.15, 0.2) is 24.3 Å². The zero-order valence-electron chi connectivity index (χ0n) is 10.7. The van der Waals surface area contributed by atoms with Gasteiger partial charge in [-0.05, 0) is 30.5 Å². The smallest absolute Gasteiger partial charge is 0.311 e. The molecule has 2 rings (SSSR count). The Morgan fingerprint density at radius 3 is 2.63 bits per heavy atom. The lowest BCUT2D eigenvalue weighted by Gasteiger charge is -2.37. The second-order valence-corrected chi connectivity index (χ2v) is 5.14. The molecular weight excluding hydrogens is 244 g/mol. The molecule has 0 spiro atoms. The van der Waals surface area contributed by atoms with E-state index in [0.29, 0.717) is 18.5 Å². The first-order chi connectivity index (χ1) is 9.02. The Bertz CT molecular complexity index is 495. The van der Waals surface area contributed by atoms with Crippen molar-refractivity contribution < 1.29 is 14.7 Å². The van der Waals surface area contributed by atoms with E-state index in [2.05, 4.69) is 5.32 Å². The number of aliphatic carboxylic acids is 1. The van der Waals surface area contributed by atoms with Gasteiger partial charge in [0.1, 0.15) is 0 Å². The van der Waals surface area contributed by atoms with Crippen LogP contribution in [0.25, 0.3) is 0 Å². The van der Waals surface area contributed by atoms with Gasteiger partial charge in [-0.2, -0.15) is 0 Å². The van der Waals surface area contributed by atoms with Crippen molar-refractivity contribution in [1.82, 2.24) is 5.32 Å². The molecule has 19 heavy (non-hydrogen) atoms. The van der Waals surface area contributed by atoms with Gasteiger partial charge < -0.3 is 16.2 Å². The predicted octanol–water partition coefficient (Wildman–Crippen LogP) is 1.18. The van der Waals surface area contributed by atoms with Gasteiger partial charge in [0.25, 0.3) is 0 Å². The fourth-order valence-electron chi connectivity index (χ4n) is 2.29. The number of anilines is 1. The molecule has 4 N–H and O–H groups in total. The van der Waals surface area contributed by atoms with Crippen LogP contribution >= 0.6 is 0 Å². The van der Waals surface area contributed by atoms with Gasteiger partial charge in [-0.15, -0.1) is 0 Å². The number of carbonyl (C=O) groups excluding carboxylic acids is 1. The SMILES string of the molecule is Nc1cccc(CC(=O)NCC2(C(=O)O)CCC2)c1. The normalized spacial score (nSPS) is 16.4. The fourth-order valence-corrected chi connectivity index (χ4v) is 2.29.